The smallest absolute Gasteiger partial charge is 0.320 e. The second kappa shape index (κ2) is 8.11. The topological polar surface area (TPSA) is 53.4 Å². The van der Waals surface area contributed by atoms with Crippen molar-refractivity contribution in [1.82, 2.24) is 9.88 Å². The zero-order chi connectivity index (χ0) is 17.8. The zero-order valence-electron chi connectivity index (χ0n) is 14.4. The molecule has 1 aliphatic rings. The van der Waals surface area contributed by atoms with Gasteiger partial charge in [0.1, 0.15) is 6.04 Å². The molecule has 0 radical (unpaired) electrons. The lowest BCUT2D eigenvalue weighted by Gasteiger charge is -2.39. The maximum Gasteiger partial charge on any atom is 0.320 e. The van der Waals surface area contributed by atoms with Crippen LogP contribution in [0.15, 0.2) is 47.1 Å². The molecule has 25 heavy (non-hydrogen) atoms. The molecule has 2 atom stereocenters. The Kier molecular flexibility index (Phi) is 5.86. The van der Waals surface area contributed by atoms with Crippen molar-refractivity contribution >= 4 is 21.9 Å². The van der Waals surface area contributed by atoms with Gasteiger partial charge in [-0.15, -0.1) is 0 Å². The molecule has 0 amide bonds. The number of carboxylic acid groups (broad SMARTS) is 1. The number of aromatic nitrogens is 1. The summed E-state index contributed by atoms with van der Waals surface area (Å²) in [4.78, 5) is 18.6. The molecule has 2 aromatic rings. The SMILES string of the molecule is CCc1ccc(C(c2ccc(Br)cc2)N2CCCCC2C(=O)O)nc1. The molecule has 4 nitrogen and oxygen atoms in total. The molecule has 3 rings (SSSR count). The van der Waals surface area contributed by atoms with Gasteiger partial charge in [-0.1, -0.05) is 47.5 Å². The van der Waals surface area contributed by atoms with E-state index in [0.29, 0.717) is 6.42 Å². The van der Waals surface area contributed by atoms with E-state index in [1.54, 1.807) is 0 Å². The number of hydrogen-bond acceptors (Lipinski definition) is 3. The van der Waals surface area contributed by atoms with Crippen molar-refractivity contribution in [3.8, 4) is 0 Å². The summed E-state index contributed by atoms with van der Waals surface area (Å²) in [6, 6.07) is 11.6. The van der Waals surface area contributed by atoms with E-state index in [-0.39, 0.29) is 6.04 Å². The first-order chi connectivity index (χ1) is 12.1. The number of hydrogen-bond donors (Lipinski definition) is 1. The van der Waals surface area contributed by atoms with E-state index in [4.69, 9.17) is 0 Å². The molecule has 1 aliphatic heterocycles. The Morgan fingerprint density at radius 2 is 2.04 bits per heavy atom. The van der Waals surface area contributed by atoms with E-state index >= 15 is 0 Å². The van der Waals surface area contributed by atoms with Crippen LogP contribution in [-0.2, 0) is 11.2 Å². The lowest BCUT2D eigenvalue weighted by Crippen LogP contribution is -2.47. The number of aryl methyl sites for hydroxylation is 1. The van der Waals surface area contributed by atoms with Gasteiger partial charge >= 0.3 is 5.97 Å². The first-order valence-corrected chi connectivity index (χ1v) is 9.58. The highest BCUT2D eigenvalue weighted by Gasteiger charge is 2.35. The predicted molar refractivity (Wildman–Crippen MR) is 102 cm³/mol. The number of pyridine rings is 1. The van der Waals surface area contributed by atoms with Crippen LogP contribution in [0.1, 0.15) is 49.0 Å². The number of likely N-dealkylation sites (tertiary alicyclic amines) is 1. The van der Waals surface area contributed by atoms with E-state index in [1.165, 1.54) is 5.56 Å². The van der Waals surface area contributed by atoms with Crippen LogP contribution in [-0.4, -0.2) is 33.5 Å². The van der Waals surface area contributed by atoms with Crippen LogP contribution in [0.4, 0.5) is 0 Å². The van der Waals surface area contributed by atoms with Gasteiger partial charge in [-0.2, -0.15) is 0 Å². The molecule has 2 heterocycles. The fraction of sp³-hybridized carbons (Fsp3) is 0.400. The fourth-order valence-corrected chi connectivity index (χ4v) is 3.78. The lowest BCUT2D eigenvalue weighted by atomic mass is 9.94. The van der Waals surface area contributed by atoms with E-state index in [1.807, 2.05) is 24.4 Å². The normalized spacial score (nSPS) is 19.5. The summed E-state index contributed by atoms with van der Waals surface area (Å²) < 4.78 is 1.01. The summed E-state index contributed by atoms with van der Waals surface area (Å²) in [6.07, 6.45) is 5.51. The fourth-order valence-electron chi connectivity index (χ4n) is 3.51. The second-order valence-corrected chi connectivity index (χ2v) is 7.40. The third-order valence-electron chi connectivity index (χ3n) is 4.88. The van der Waals surface area contributed by atoms with Crippen LogP contribution in [0.2, 0.25) is 0 Å². The summed E-state index contributed by atoms with van der Waals surface area (Å²) in [6.45, 7) is 2.88. The molecule has 0 aliphatic carbocycles. The Labute approximate surface area is 157 Å². The molecule has 1 fully saturated rings. The summed E-state index contributed by atoms with van der Waals surface area (Å²) >= 11 is 3.48. The number of benzene rings is 1. The van der Waals surface area contributed by atoms with Gasteiger partial charge in [-0.3, -0.25) is 14.7 Å². The van der Waals surface area contributed by atoms with Crippen molar-refractivity contribution < 1.29 is 9.90 Å². The lowest BCUT2D eigenvalue weighted by molar-refractivity contribution is -0.145. The van der Waals surface area contributed by atoms with Gasteiger partial charge in [0.25, 0.3) is 0 Å². The Hall–Kier alpha value is -1.72. The van der Waals surface area contributed by atoms with Crippen LogP contribution in [0.5, 0.6) is 0 Å². The van der Waals surface area contributed by atoms with Gasteiger partial charge in [0, 0.05) is 10.7 Å². The van der Waals surface area contributed by atoms with Crippen LogP contribution < -0.4 is 0 Å². The number of piperidine rings is 1. The highest BCUT2D eigenvalue weighted by molar-refractivity contribution is 9.10. The molecule has 5 heteroatoms. The van der Waals surface area contributed by atoms with Crippen molar-refractivity contribution in [2.45, 2.75) is 44.7 Å². The summed E-state index contributed by atoms with van der Waals surface area (Å²) in [5.41, 5.74) is 3.17. The van der Waals surface area contributed by atoms with Gasteiger partial charge in [0.15, 0.2) is 0 Å². The molecule has 1 aromatic carbocycles. The molecular weight excluding hydrogens is 380 g/mol. The minimum absolute atomic E-state index is 0.139. The molecule has 1 N–H and O–H groups in total. The van der Waals surface area contributed by atoms with Gasteiger partial charge in [0.05, 0.1) is 11.7 Å². The number of aliphatic carboxylic acids is 1. The minimum Gasteiger partial charge on any atom is -0.480 e. The maximum absolute atomic E-state index is 11.8. The van der Waals surface area contributed by atoms with Crippen molar-refractivity contribution in [2.24, 2.45) is 0 Å². The monoisotopic (exact) mass is 402 g/mol. The van der Waals surface area contributed by atoms with Crippen molar-refractivity contribution in [3.63, 3.8) is 0 Å². The van der Waals surface area contributed by atoms with Gasteiger partial charge in [0.2, 0.25) is 0 Å². The molecule has 132 valence electrons. The van der Waals surface area contributed by atoms with Crippen molar-refractivity contribution in [2.75, 3.05) is 6.54 Å². The van der Waals surface area contributed by atoms with E-state index < -0.39 is 12.0 Å². The minimum atomic E-state index is -0.744. The molecule has 0 bridgehead atoms. The Morgan fingerprint density at radius 1 is 1.28 bits per heavy atom. The molecule has 0 spiro atoms. The maximum atomic E-state index is 11.8. The first-order valence-electron chi connectivity index (χ1n) is 8.79. The van der Waals surface area contributed by atoms with E-state index in [9.17, 15) is 9.90 Å². The zero-order valence-corrected chi connectivity index (χ0v) is 15.9. The quantitative estimate of drug-likeness (QED) is 0.802. The molecule has 2 unspecified atom stereocenters. The third-order valence-corrected chi connectivity index (χ3v) is 5.41. The Balaban J connectivity index is 2.03. The highest BCUT2D eigenvalue weighted by Crippen LogP contribution is 2.34. The molecule has 0 saturated carbocycles. The summed E-state index contributed by atoms with van der Waals surface area (Å²) in [5, 5.41) is 9.71. The van der Waals surface area contributed by atoms with Crippen LogP contribution in [0, 0.1) is 0 Å². The highest BCUT2D eigenvalue weighted by atomic mass is 79.9. The Bertz CT molecular complexity index is 715. The summed E-state index contributed by atoms with van der Waals surface area (Å²) in [7, 11) is 0. The van der Waals surface area contributed by atoms with Crippen LogP contribution in [0.25, 0.3) is 0 Å². The van der Waals surface area contributed by atoms with Crippen molar-refractivity contribution in [1.29, 1.82) is 0 Å². The largest absolute Gasteiger partial charge is 0.480 e. The predicted octanol–water partition coefficient (Wildman–Crippen LogP) is 4.44. The van der Waals surface area contributed by atoms with Crippen LogP contribution in [0.3, 0.4) is 0 Å². The van der Waals surface area contributed by atoms with Gasteiger partial charge < -0.3 is 5.11 Å². The first kappa shape index (κ1) is 18.1. The number of halogens is 1. The van der Waals surface area contributed by atoms with Gasteiger partial charge in [-0.05, 0) is 55.1 Å². The van der Waals surface area contributed by atoms with Crippen molar-refractivity contribution in [3.05, 3.63) is 63.9 Å². The third kappa shape index (κ3) is 4.10. The average molecular weight is 403 g/mol. The van der Waals surface area contributed by atoms with E-state index in [0.717, 1.165) is 41.5 Å². The number of carboxylic acids is 1. The average Bonchev–Trinajstić information content (AvgIpc) is 2.64. The number of nitrogens with zero attached hydrogens (tertiary/aromatic N) is 2. The summed E-state index contributed by atoms with van der Waals surface area (Å²) in [5.74, 6) is -0.744. The second-order valence-electron chi connectivity index (χ2n) is 6.49. The Morgan fingerprint density at radius 3 is 2.64 bits per heavy atom. The standard InChI is InChI=1S/C20H23BrN2O2/c1-2-14-6-11-17(22-13-14)19(15-7-9-16(21)10-8-15)23-12-4-3-5-18(23)20(24)25/h6-11,13,18-19H,2-5,12H2,1H3,(H,24,25). The molecule has 1 saturated heterocycles. The van der Waals surface area contributed by atoms with Gasteiger partial charge in [-0.25, -0.2) is 0 Å². The molecular formula is C20H23BrN2O2. The van der Waals surface area contributed by atoms with Crippen LogP contribution >= 0.6 is 15.9 Å². The van der Waals surface area contributed by atoms with E-state index in [2.05, 4.69) is 50.9 Å². The molecule has 1 aromatic heterocycles. The number of carbonyl (C=O) groups is 1. The number of rotatable bonds is 5.